The molecule has 170 valence electrons. The maximum Gasteiger partial charge on any atom is 0.191 e. The van der Waals surface area contributed by atoms with Crippen molar-refractivity contribution in [3.05, 3.63) is 71.3 Å². The quantitative estimate of drug-likeness (QED) is 0.308. The van der Waals surface area contributed by atoms with Gasteiger partial charge in [0.25, 0.3) is 0 Å². The SMILES string of the molecule is CN=C(NCc1ccccc1CN1CCOCC1)NCC(c1ccccc1)N(C)C.I. The van der Waals surface area contributed by atoms with Gasteiger partial charge >= 0.3 is 0 Å². The van der Waals surface area contributed by atoms with Crippen molar-refractivity contribution >= 4 is 29.9 Å². The van der Waals surface area contributed by atoms with Crippen molar-refractivity contribution in [1.29, 1.82) is 0 Å². The van der Waals surface area contributed by atoms with Gasteiger partial charge in [-0.15, -0.1) is 24.0 Å². The van der Waals surface area contributed by atoms with Gasteiger partial charge < -0.3 is 20.3 Å². The molecule has 1 heterocycles. The van der Waals surface area contributed by atoms with E-state index in [0.717, 1.165) is 51.9 Å². The third-order valence-electron chi connectivity index (χ3n) is 5.56. The van der Waals surface area contributed by atoms with Crippen molar-refractivity contribution < 1.29 is 4.74 Å². The Morgan fingerprint density at radius 2 is 1.65 bits per heavy atom. The van der Waals surface area contributed by atoms with Crippen molar-refractivity contribution in [1.82, 2.24) is 20.4 Å². The molecule has 1 aliphatic heterocycles. The fourth-order valence-electron chi connectivity index (χ4n) is 3.75. The number of rotatable bonds is 8. The first-order valence-electron chi connectivity index (χ1n) is 10.7. The summed E-state index contributed by atoms with van der Waals surface area (Å²) in [4.78, 5) is 9.11. The van der Waals surface area contributed by atoms with E-state index in [0.29, 0.717) is 0 Å². The summed E-state index contributed by atoms with van der Waals surface area (Å²) in [6.07, 6.45) is 0. The zero-order valence-corrected chi connectivity index (χ0v) is 21.2. The molecule has 7 heteroatoms. The van der Waals surface area contributed by atoms with Crippen LogP contribution in [0.2, 0.25) is 0 Å². The first-order chi connectivity index (χ1) is 14.7. The standard InChI is InChI=1S/C24H35N5O.HI/c1-25-24(27-18-23(28(2)3)20-9-5-4-6-10-20)26-17-21-11-7-8-12-22(21)19-29-13-15-30-16-14-29;/h4-12,23H,13-19H2,1-3H3,(H2,25,26,27);1H. The Bertz CT molecular complexity index is 794. The highest BCUT2D eigenvalue weighted by molar-refractivity contribution is 14.0. The molecular weight excluding hydrogens is 501 g/mol. The average molecular weight is 537 g/mol. The summed E-state index contributed by atoms with van der Waals surface area (Å²) >= 11 is 0. The van der Waals surface area contributed by atoms with E-state index < -0.39 is 0 Å². The maximum atomic E-state index is 5.47. The fourth-order valence-corrected chi connectivity index (χ4v) is 3.75. The molecule has 0 aromatic heterocycles. The smallest absolute Gasteiger partial charge is 0.191 e. The van der Waals surface area contributed by atoms with Gasteiger partial charge in [0.15, 0.2) is 5.96 Å². The molecular formula is C24H36IN5O. The molecule has 1 saturated heterocycles. The van der Waals surface area contributed by atoms with Crippen LogP contribution in [0.3, 0.4) is 0 Å². The van der Waals surface area contributed by atoms with Crippen LogP contribution in [0.4, 0.5) is 0 Å². The maximum absolute atomic E-state index is 5.47. The minimum Gasteiger partial charge on any atom is -0.379 e. The monoisotopic (exact) mass is 537 g/mol. The van der Waals surface area contributed by atoms with Gasteiger partial charge in [-0.05, 0) is 30.8 Å². The van der Waals surface area contributed by atoms with E-state index in [9.17, 15) is 0 Å². The van der Waals surface area contributed by atoms with Crippen molar-refractivity contribution in [2.45, 2.75) is 19.1 Å². The molecule has 31 heavy (non-hydrogen) atoms. The highest BCUT2D eigenvalue weighted by atomic mass is 127. The van der Waals surface area contributed by atoms with Crippen LogP contribution in [0, 0.1) is 0 Å². The Labute approximate surface area is 204 Å². The van der Waals surface area contributed by atoms with Crippen LogP contribution in [-0.4, -0.2) is 69.8 Å². The largest absolute Gasteiger partial charge is 0.379 e. The van der Waals surface area contributed by atoms with E-state index in [1.807, 2.05) is 7.05 Å². The van der Waals surface area contributed by atoms with E-state index in [2.05, 4.69) is 94.1 Å². The van der Waals surface area contributed by atoms with Gasteiger partial charge in [-0.1, -0.05) is 54.6 Å². The molecule has 0 saturated carbocycles. The zero-order chi connectivity index (χ0) is 21.2. The number of hydrogen-bond acceptors (Lipinski definition) is 4. The van der Waals surface area contributed by atoms with E-state index in [4.69, 9.17) is 4.74 Å². The molecule has 1 unspecified atom stereocenters. The van der Waals surface area contributed by atoms with Crippen molar-refractivity contribution in [3.63, 3.8) is 0 Å². The van der Waals surface area contributed by atoms with Gasteiger partial charge in [-0.2, -0.15) is 0 Å². The van der Waals surface area contributed by atoms with Crippen molar-refractivity contribution in [2.24, 2.45) is 4.99 Å². The molecule has 6 nitrogen and oxygen atoms in total. The highest BCUT2D eigenvalue weighted by Gasteiger charge is 2.15. The van der Waals surface area contributed by atoms with Crippen LogP contribution < -0.4 is 10.6 Å². The Balaban J connectivity index is 0.00000341. The first-order valence-corrected chi connectivity index (χ1v) is 10.7. The highest BCUT2D eigenvalue weighted by Crippen LogP contribution is 2.17. The lowest BCUT2D eigenvalue weighted by molar-refractivity contribution is 0.0341. The molecule has 0 amide bonds. The number of benzene rings is 2. The van der Waals surface area contributed by atoms with Crippen molar-refractivity contribution in [3.8, 4) is 0 Å². The molecule has 3 rings (SSSR count). The molecule has 1 fully saturated rings. The van der Waals surface area contributed by atoms with Gasteiger partial charge in [-0.25, -0.2) is 0 Å². The first kappa shape index (κ1) is 25.6. The van der Waals surface area contributed by atoms with Gasteiger partial charge in [0, 0.05) is 39.8 Å². The Morgan fingerprint density at radius 1 is 1.00 bits per heavy atom. The number of ether oxygens (including phenoxy) is 1. The molecule has 0 spiro atoms. The van der Waals surface area contributed by atoms with Gasteiger partial charge in [0.05, 0.1) is 19.3 Å². The second kappa shape index (κ2) is 13.7. The molecule has 1 atom stereocenters. The number of nitrogens with zero attached hydrogens (tertiary/aromatic N) is 3. The predicted octanol–water partition coefficient (Wildman–Crippen LogP) is 3.10. The lowest BCUT2D eigenvalue weighted by Gasteiger charge is -2.28. The van der Waals surface area contributed by atoms with Crippen LogP contribution >= 0.6 is 24.0 Å². The number of nitrogens with one attached hydrogen (secondary N) is 2. The van der Waals surface area contributed by atoms with Crippen LogP contribution in [0.15, 0.2) is 59.6 Å². The number of likely N-dealkylation sites (N-methyl/N-ethyl adjacent to an activating group) is 1. The molecule has 0 aliphatic carbocycles. The second-order valence-corrected chi connectivity index (χ2v) is 7.85. The Hall–Kier alpha value is -1.68. The van der Waals surface area contributed by atoms with Crippen LogP contribution in [0.5, 0.6) is 0 Å². The summed E-state index contributed by atoms with van der Waals surface area (Å²) in [6.45, 7) is 6.14. The summed E-state index contributed by atoms with van der Waals surface area (Å²) in [6, 6.07) is 19.5. The lowest BCUT2D eigenvalue weighted by atomic mass is 10.1. The van der Waals surface area contributed by atoms with Crippen LogP contribution in [-0.2, 0) is 17.8 Å². The minimum atomic E-state index is 0. The van der Waals surface area contributed by atoms with Gasteiger partial charge in [-0.3, -0.25) is 9.89 Å². The van der Waals surface area contributed by atoms with E-state index in [1.165, 1.54) is 16.7 Å². The molecule has 0 bridgehead atoms. The number of hydrogen-bond donors (Lipinski definition) is 2. The van der Waals surface area contributed by atoms with Gasteiger partial charge in [0.2, 0.25) is 0 Å². The topological polar surface area (TPSA) is 52.1 Å². The van der Waals surface area contributed by atoms with Crippen LogP contribution in [0.25, 0.3) is 0 Å². The summed E-state index contributed by atoms with van der Waals surface area (Å²) in [5.41, 5.74) is 3.96. The molecule has 0 radical (unpaired) electrons. The lowest BCUT2D eigenvalue weighted by Crippen LogP contribution is -2.41. The van der Waals surface area contributed by atoms with Crippen LogP contribution in [0.1, 0.15) is 22.7 Å². The molecule has 1 aliphatic rings. The number of morpholine rings is 1. The fraction of sp³-hybridized carbons (Fsp3) is 0.458. The minimum absolute atomic E-state index is 0. The van der Waals surface area contributed by atoms with Crippen molar-refractivity contribution in [2.75, 3.05) is 54.0 Å². The predicted molar refractivity (Wildman–Crippen MR) is 139 cm³/mol. The Morgan fingerprint density at radius 3 is 2.29 bits per heavy atom. The summed E-state index contributed by atoms with van der Waals surface area (Å²) < 4.78 is 5.47. The zero-order valence-electron chi connectivity index (χ0n) is 18.9. The normalized spacial score (nSPS) is 15.9. The Kier molecular flexibility index (Phi) is 11.3. The second-order valence-electron chi connectivity index (χ2n) is 7.85. The summed E-state index contributed by atoms with van der Waals surface area (Å²) in [5.74, 6) is 0.818. The molecule has 2 aromatic rings. The molecule has 2 N–H and O–H groups in total. The van der Waals surface area contributed by atoms with E-state index in [-0.39, 0.29) is 30.0 Å². The number of guanidine groups is 1. The number of halogens is 1. The summed E-state index contributed by atoms with van der Waals surface area (Å²) in [7, 11) is 6.04. The molecule has 2 aromatic carbocycles. The average Bonchev–Trinajstić information content (AvgIpc) is 2.78. The number of aliphatic imine (C=N–C) groups is 1. The third-order valence-corrected chi connectivity index (χ3v) is 5.56. The van der Waals surface area contributed by atoms with Gasteiger partial charge in [0.1, 0.15) is 0 Å². The van der Waals surface area contributed by atoms with E-state index >= 15 is 0 Å². The third kappa shape index (κ3) is 8.07. The van der Waals surface area contributed by atoms with E-state index in [1.54, 1.807) is 0 Å². The summed E-state index contributed by atoms with van der Waals surface area (Å²) in [5, 5.41) is 6.98.